The van der Waals surface area contributed by atoms with Crippen LogP contribution in [-0.2, 0) is 0 Å². The third-order valence-corrected chi connectivity index (χ3v) is 2.88. The Balaban J connectivity index is 2.11. The summed E-state index contributed by atoms with van der Waals surface area (Å²) in [5, 5.41) is 0.859. The van der Waals surface area contributed by atoms with E-state index in [1.54, 1.807) is 24.8 Å². The fraction of sp³-hybridized carbons (Fsp3) is 0.182. The van der Waals surface area contributed by atoms with Crippen LogP contribution in [0.5, 0.6) is 0 Å². The Kier molecular flexibility index (Phi) is 3.48. The molecular weight excluding hydrogens is 220 g/mol. The lowest BCUT2D eigenvalue weighted by molar-refractivity contribution is 0.777. The van der Waals surface area contributed by atoms with E-state index in [0.717, 1.165) is 15.6 Å². The van der Waals surface area contributed by atoms with Gasteiger partial charge in [0.15, 0.2) is 0 Å². The molecule has 0 aliphatic rings. The highest BCUT2D eigenvalue weighted by Crippen LogP contribution is 2.24. The summed E-state index contributed by atoms with van der Waals surface area (Å²) in [7, 11) is 0. The highest BCUT2D eigenvalue weighted by atomic mass is 32.2. The van der Waals surface area contributed by atoms with Crippen LogP contribution < -0.4 is 5.73 Å². The Morgan fingerprint density at radius 2 is 2.06 bits per heavy atom. The van der Waals surface area contributed by atoms with Crippen LogP contribution in [0.25, 0.3) is 0 Å². The zero-order chi connectivity index (χ0) is 11.4. The predicted octanol–water partition coefficient (Wildman–Crippen LogP) is 2.04. The average molecular weight is 232 g/mol. The summed E-state index contributed by atoms with van der Waals surface area (Å²) >= 11 is 1.53. The maximum Gasteiger partial charge on any atom is 0.119 e. The maximum atomic E-state index is 5.72. The quantitative estimate of drug-likeness (QED) is 0.877. The first-order chi connectivity index (χ1) is 7.75. The molecule has 2 rings (SSSR count). The third kappa shape index (κ3) is 2.77. The fourth-order valence-electron chi connectivity index (χ4n) is 1.18. The second-order valence-corrected chi connectivity index (χ2v) is 4.45. The first kappa shape index (κ1) is 11.0. The molecule has 2 heterocycles. The van der Waals surface area contributed by atoms with Crippen LogP contribution >= 0.6 is 11.8 Å². The molecule has 4 nitrogen and oxygen atoms in total. The highest BCUT2D eigenvalue weighted by Gasteiger charge is 2.02. The van der Waals surface area contributed by atoms with Gasteiger partial charge in [-0.15, -0.1) is 0 Å². The average Bonchev–Trinajstić information content (AvgIpc) is 2.31. The molecule has 2 aromatic heterocycles. The van der Waals surface area contributed by atoms with Crippen molar-refractivity contribution in [3.8, 4) is 0 Å². The molecule has 0 saturated heterocycles. The van der Waals surface area contributed by atoms with Crippen molar-refractivity contribution in [2.24, 2.45) is 5.73 Å². The normalized spacial score (nSPS) is 12.4. The SMILES string of the molecule is CC(N)c1ccc(Sc2cnccn2)cn1. The summed E-state index contributed by atoms with van der Waals surface area (Å²) in [6, 6.07) is 3.89. The van der Waals surface area contributed by atoms with Crippen LogP contribution in [0.4, 0.5) is 0 Å². The van der Waals surface area contributed by atoms with Gasteiger partial charge in [0.2, 0.25) is 0 Å². The summed E-state index contributed by atoms with van der Waals surface area (Å²) in [5.74, 6) is 0. The number of rotatable bonds is 3. The van der Waals surface area contributed by atoms with Crippen molar-refractivity contribution < 1.29 is 0 Å². The van der Waals surface area contributed by atoms with Crippen molar-refractivity contribution in [2.75, 3.05) is 0 Å². The highest BCUT2D eigenvalue weighted by molar-refractivity contribution is 7.99. The van der Waals surface area contributed by atoms with E-state index in [1.165, 1.54) is 11.8 Å². The zero-order valence-electron chi connectivity index (χ0n) is 8.87. The lowest BCUT2D eigenvalue weighted by atomic mass is 10.2. The molecule has 0 bridgehead atoms. The second kappa shape index (κ2) is 5.05. The Bertz CT molecular complexity index is 441. The minimum Gasteiger partial charge on any atom is -0.323 e. The van der Waals surface area contributed by atoms with Crippen LogP contribution in [0.3, 0.4) is 0 Å². The molecule has 1 unspecified atom stereocenters. The number of hydrogen-bond donors (Lipinski definition) is 1. The number of aromatic nitrogens is 3. The van der Waals surface area contributed by atoms with E-state index in [2.05, 4.69) is 15.0 Å². The molecule has 0 fully saturated rings. The van der Waals surface area contributed by atoms with E-state index >= 15 is 0 Å². The van der Waals surface area contributed by atoms with Gasteiger partial charge in [-0.05, 0) is 19.1 Å². The molecule has 0 aliphatic carbocycles. The summed E-state index contributed by atoms with van der Waals surface area (Å²) in [6.45, 7) is 1.91. The molecule has 5 heteroatoms. The molecule has 2 N–H and O–H groups in total. The first-order valence-electron chi connectivity index (χ1n) is 4.91. The van der Waals surface area contributed by atoms with Crippen molar-refractivity contribution in [1.82, 2.24) is 15.0 Å². The van der Waals surface area contributed by atoms with Crippen LogP contribution in [0.15, 0.2) is 46.8 Å². The van der Waals surface area contributed by atoms with Crippen molar-refractivity contribution in [3.05, 3.63) is 42.6 Å². The van der Waals surface area contributed by atoms with Gasteiger partial charge in [-0.2, -0.15) is 0 Å². The number of nitrogens with two attached hydrogens (primary N) is 1. The topological polar surface area (TPSA) is 64.7 Å². The first-order valence-corrected chi connectivity index (χ1v) is 5.73. The molecular formula is C11H12N4S. The van der Waals surface area contributed by atoms with Gasteiger partial charge in [-0.1, -0.05) is 11.8 Å². The van der Waals surface area contributed by atoms with Crippen molar-refractivity contribution >= 4 is 11.8 Å². The predicted molar refractivity (Wildman–Crippen MR) is 63.0 cm³/mol. The maximum absolute atomic E-state index is 5.72. The van der Waals surface area contributed by atoms with E-state index in [4.69, 9.17) is 5.73 Å². The lowest BCUT2D eigenvalue weighted by Crippen LogP contribution is -2.06. The van der Waals surface area contributed by atoms with E-state index in [9.17, 15) is 0 Å². The molecule has 0 aromatic carbocycles. The summed E-state index contributed by atoms with van der Waals surface area (Å²) in [5.41, 5.74) is 6.62. The Morgan fingerprint density at radius 1 is 1.19 bits per heavy atom. The van der Waals surface area contributed by atoms with Crippen molar-refractivity contribution in [3.63, 3.8) is 0 Å². The Labute approximate surface area is 98.3 Å². The fourth-order valence-corrected chi connectivity index (χ4v) is 1.89. The molecule has 82 valence electrons. The lowest BCUT2D eigenvalue weighted by Gasteiger charge is -2.05. The van der Waals surface area contributed by atoms with Crippen LogP contribution in [0.2, 0.25) is 0 Å². The van der Waals surface area contributed by atoms with Crippen LogP contribution in [0, 0.1) is 0 Å². The van der Waals surface area contributed by atoms with Crippen molar-refractivity contribution in [1.29, 1.82) is 0 Å². The minimum absolute atomic E-state index is 0.0319. The Morgan fingerprint density at radius 3 is 2.62 bits per heavy atom. The summed E-state index contributed by atoms with van der Waals surface area (Å²) in [4.78, 5) is 13.5. The molecule has 0 amide bonds. The van der Waals surface area contributed by atoms with E-state index in [-0.39, 0.29) is 6.04 Å². The molecule has 0 spiro atoms. The van der Waals surface area contributed by atoms with Gasteiger partial charge < -0.3 is 5.73 Å². The van der Waals surface area contributed by atoms with Crippen LogP contribution in [-0.4, -0.2) is 15.0 Å². The molecule has 0 radical (unpaired) electrons. The van der Waals surface area contributed by atoms with E-state index in [0.29, 0.717) is 0 Å². The zero-order valence-corrected chi connectivity index (χ0v) is 9.69. The van der Waals surface area contributed by atoms with Gasteiger partial charge >= 0.3 is 0 Å². The molecule has 0 aliphatic heterocycles. The third-order valence-electron chi connectivity index (χ3n) is 1.99. The van der Waals surface area contributed by atoms with E-state index < -0.39 is 0 Å². The molecule has 16 heavy (non-hydrogen) atoms. The van der Waals surface area contributed by atoms with Gasteiger partial charge in [-0.25, -0.2) is 4.98 Å². The van der Waals surface area contributed by atoms with Gasteiger partial charge in [-0.3, -0.25) is 9.97 Å². The number of nitrogens with zero attached hydrogens (tertiary/aromatic N) is 3. The monoisotopic (exact) mass is 232 g/mol. The van der Waals surface area contributed by atoms with Gasteiger partial charge in [0, 0.05) is 29.5 Å². The summed E-state index contributed by atoms with van der Waals surface area (Å²) in [6.07, 6.45) is 6.86. The minimum atomic E-state index is -0.0319. The smallest absolute Gasteiger partial charge is 0.119 e. The van der Waals surface area contributed by atoms with Gasteiger partial charge in [0.25, 0.3) is 0 Å². The largest absolute Gasteiger partial charge is 0.323 e. The van der Waals surface area contributed by atoms with Crippen molar-refractivity contribution in [2.45, 2.75) is 22.9 Å². The second-order valence-electron chi connectivity index (χ2n) is 3.35. The standard InChI is InChI=1S/C11H12N4S/c1-8(12)10-3-2-9(6-15-10)16-11-7-13-4-5-14-11/h2-8H,12H2,1H3. The molecule has 2 aromatic rings. The van der Waals surface area contributed by atoms with Crippen LogP contribution in [0.1, 0.15) is 18.7 Å². The number of hydrogen-bond acceptors (Lipinski definition) is 5. The number of pyridine rings is 1. The van der Waals surface area contributed by atoms with Gasteiger partial charge in [0.1, 0.15) is 5.03 Å². The Hall–Kier alpha value is -1.46. The molecule has 1 atom stereocenters. The summed E-state index contributed by atoms with van der Waals surface area (Å²) < 4.78 is 0. The van der Waals surface area contributed by atoms with Gasteiger partial charge in [0.05, 0.1) is 11.9 Å². The molecule has 0 saturated carbocycles. The van der Waals surface area contributed by atoms with E-state index in [1.807, 2.05) is 19.1 Å².